The summed E-state index contributed by atoms with van der Waals surface area (Å²) in [6.07, 6.45) is 1.76. The van der Waals surface area contributed by atoms with E-state index in [4.69, 9.17) is 10.9 Å². The molecule has 7 nitrogen and oxygen atoms in total. The highest BCUT2D eigenvalue weighted by molar-refractivity contribution is 7.98. The van der Waals surface area contributed by atoms with Crippen LogP contribution in [0.2, 0.25) is 0 Å². The molecule has 1 aromatic rings. The Bertz CT molecular complexity index is 605. The smallest absolute Gasteiger partial charge is 0.250 e. The van der Waals surface area contributed by atoms with Gasteiger partial charge in [0.15, 0.2) is 0 Å². The van der Waals surface area contributed by atoms with Crippen molar-refractivity contribution < 1.29 is 18.3 Å². The quantitative estimate of drug-likeness (QED) is 0.465. The van der Waals surface area contributed by atoms with Crippen LogP contribution in [-0.2, 0) is 21.2 Å². The number of nitrogens with two attached hydrogens (primary N) is 2. The number of benzene rings is 1. The average Bonchev–Trinajstić information content (AvgIpc) is 2.51. The Morgan fingerprint density at radius 3 is 2.48 bits per heavy atom. The van der Waals surface area contributed by atoms with Gasteiger partial charge in [0.05, 0.1) is 4.90 Å². The van der Waals surface area contributed by atoms with Crippen molar-refractivity contribution in [2.75, 3.05) is 18.6 Å². The van der Waals surface area contributed by atoms with Gasteiger partial charge in [0.25, 0.3) is 0 Å². The fourth-order valence-corrected chi connectivity index (χ4v) is 2.91. The lowest BCUT2D eigenvalue weighted by Gasteiger charge is -2.18. The third kappa shape index (κ3) is 6.88. The largest absolute Gasteiger partial charge is 0.382 e. The second-order valence-corrected chi connectivity index (χ2v) is 7.67. The molecule has 2 atom stereocenters. The third-order valence-corrected chi connectivity index (χ3v) is 4.87. The van der Waals surface area contributed by atoms with Crippen LogP contribution in [0, 0.1) is 0 Å². The van der Waals surface area contributed by atoms with Gasteiger partial charge < -0.3 is 16.2 Å². The number of hydrogen-bond donors (Lipinski definition) is 4. The molecule has 6 N–H and O–H groups in total. The van der Waals surface area contributed by atoms with Crippen molar-refractivity contribution >= 4 is 27.7 Å². The van der Waals surface area contributed by atoms with Crippen molar-refractivity contribution in [2.24, 2.45) is 10.9 Å². The fourth-order valence-electron chi connectivity index (χ4n) is 1.89. The topological polar surface area (TPSA) is 136 Å². The minimum absolute atomic E-state index is 0.0421. The summed E-state index contributed by atoms with van der Waals surface area (Å²) in [7, 11) is -3.70. The van der Waals surface area contributed by atoms with Gasteiger partial charge in [-0.1, -0.05) is 12.1 Å². The van der Waals surface area contributed by atoms with Gasteiger partial charge >= 0.3 is 0 Å². The minimum atomic E-state index is -3.70. The summed E-state index contributed by atoms with van der Waals surface area (Å²) in [5, 5.41) is 17.4. The summed E-state index contributed by atoms with van der Waals surface area (Å²) >= 11 is 1.60. The first kappa shape index (κ1) is 19.9. The molecule has 1 amide bonds. The van der Waals surface area contributed by atoms with E-state index in [1.165, 1.54) is 12.1 Å². The molecule has 0 fully saturated rings. The van der Waals surface area contributed by atoms with Gasteiger partial charge in [-0.2, -0.15) is 11.8 Å². The lowest BCUT2D eigenvalue weighted by atomic mass is 10.1. The summed E-state index contributed by atoms with van der Waals surface area (Å²) < 4.78 is 22.3. The lowest BCUT2D eigenvalue weighted by molar-refractivity contribution is -0.130. The van der Waals surface area contributed by atoms with Crippen LogP contribution in [0.4, 0.5) is 0 Å². The minimum Gasteiger partial charge on any atom is -0.382 e. The van der Waals surface area contributed by atoms with Crippen LogP contribution in [0.5, 0.6) is 0 Å². The molecular formula is C14H23N3O4S2. The van der Waals surface area contributed by atoms with Crippen LogP contribution < -0.4 is 16.2 Å². The summed E-state index contributed by atoms with van der Waals surface area (Å²) in [6, 6.07) is 5.51. The number of amides is 1. The van der Waals surface area contributed by atoms with E-state index < -0.39 is 28.1 Å². The third-order valence-electron chi connectivity index (χ3n) is 3.29. The number of sulfonamides is 1. The van der Waals surface area contributed by atoms with E-state index in [0.717, 1.165) is 11.3 Å². The normalized spacial score (nSPS) is 14.3. The molecule has 0 aliphatic carbocycles. The maximum atomic E-state index is 11.8. The van der Waals surface area contributed by atoms with E-state index in [1.54, 1.807) is 23.9 Å². The van der Waals surface area contributed by atoms with Gasteiger partial charge in [-0.25, -0.2) is 13.6 Å². The van der Waals surface area contributed by atoms with E-state index in [1.807, 2.05) is 6.26 Å². The van der Waals surface area contributed by atoms with Crippen LogP contribution in [0.15, 0.2) is 29.2 Å². The van der Waals surface area contributed by atoms with Gasteiger partial charge in [-0.05, 0) is 42.5 Å². The Balaban J connectivity index is 2.43. The van der Waals surface area contributed by atoms with Gasteiger partial charge in [0, 0.05) is 12.6 Å². The first-order valence-corrected chi connectivity index (χ1v) is 10.0. The number of carbonyl (C=O) groups excluding carboxylic acids is 1. The zero-order valence-electron chi connectivity index (χ0n) is 12.9. The van der Waals surface area contributed by atoms with Crippen LogP contribution in [0.25, 0.3) is 0 Å². The summed E-state index contributed by atoms with van der Waals surface area (Å²) in [4.78, 5) is 11.8. The standard InChI is InChI=1S/C14H23N3O4S2/c1-22-9-7-12(15)13(18)14(19)17-8-6-10-2-4-11(5-3-10)23(16,20)21/h2-5,12-13,18H,6-9,15H2,1H3,(H,17,19)(H2,16,20,21)/t12-,13-/m1/s1. The van der Waals surface area contributed by atoms with Crippen molar-refractivity contribution in [1.29, 1.82) is 0 Å². The molecule has 0 aliphatic rings. The molecule has 1 aromatic carbocycles. The number of rotatable bonds is 9. The van der Waals surface area contributed by atoms with Gasteiger partial charge in [-0.3, -0.25) is 4.79 Å². The molecule has 23 heavy (non-hydrogen) atoms. The van der Waals surface area contributed by atoms with Crippen molar-refractivity contribution in [3.8, 4) is 0 Å². The number of carbonyl (C=O) groups is 1. The first-order valence-electron chi connectivity index (χ1n) is 7.07. The molecule has 0 aromatic heterocycles. The zero-order valence-corrected chi connectivity index (χ0v) is 14.6. The molecule has 0 bridgehead atoms. The molecular weight excluding hydrogens is 338 g/mol. The first-order chi connectivity index (χ1) is 10.8. The molecule has 0 radical (unpaired) electrons. The number of hydrogen-bond acceptors (Lipinski definition) is 6. The molecule has 130 valence electrons. The van der Waals surface area contributed by atoms with E-state index in [2.05, 4.69) is 5.32 Å². The Labute approximate surface area is 140 Å². The van der Waals surface area contributed by atoms with Crippen molar-refractivity contribution in [3.63, 3.8) is 0 Å². The van der Waals surface area contributed by atoms with Crippen LogP contribution >= 0.6 is 11.8 Å². The molecule has 0 aliphatic heterocycles. The van der Waals surface area contributed by atoms with Crippen molar-refractivity contribution in [1.82, 2.24) is 5.32 Å². The summed E-state index contributed by atoms with van der Waals surface area (Å²) in [6.45, 7) is 0.319. The highest BCUT2D eigenvalue weighted by atomic mass is 32.2. The highest BCUT2D eigenvalue weighted by Gasteiger charge is 2.21. The predicted octanol–water partition coefficient (Wildman–Crippen LogP) is -0.566. The molecule has 0 saturated heterocycles. The molecule has 0 unspecified atom stereocenters. The Morgan fingerprint density at radius 1 is 1.35 bits per heavy atom. The molecule has 0 spiro atoms. The van der Waals surface area contributed by atoms with Crippen LogP contribution in [0.3, 0.4) is 0 Å². The summed E-state index contributed by atoms with van der Waals surface area (Å²) in [5.74, 6) is 0.279. The second kappa shape index (κ2) is 9.24. The lowest BCUT2D eigenvalue weighted by Crippen LogP contribution is -2.47. The monoisotopic (exact) mass is 361 g/mol. The van der Waals surface area contributed by atoms with Crippen molar-refractivity contribution in [3.05, 3.63) is 29.8 Å². The molecule has 0 heterocycles. The van der Waals surface area contributed by atoms with E-state index in [9.17, 15) is 18.3 Å². The van der Waals surface area contributed by atoms with E-state index in [0.29, 0.717) is 19.4 Å². The number of primary sulfonamides is 1. The number of aliphatic hydroxyl groups is 1. The Hall–Kier alpha value is -1.13. The molecule has 1 rings (SSSR count). The number of thioether (sulfide) groups is 1. The summed E-state index contributed by atoms with van der Waals surface area (Å²) in [5.41, 5.74) is 6.60. The second-order valence-electron chi connectivity index (χ2n) is 5.12. The average molecular weight is 361 g/mol. The highest BCUT2D eigenvalue weighted by Crippen LogP contribution is 2.09. The van der Waals surface area contributed by atoms with E-state index >= 15 is 0 Å². The zero-order chi connectivity index (χ0) is 17.5. The molecule has 9 heteroatoms. The molecule has 0 saturated carbocycles. The van der Waals surface area contributed by atoms with Gasteiger partial charge in [0.1, 0.15) is 6.10 Å². The Morgan fingerprint density at radius 2 is 1.96 bits per heavy atom. The maximum Gasteiger partial charge on any atom is 0.250 e. The number of nitrogens with one attached hydrogen (secondary N) is 1. The van der Waals surface area contributed by atoms with Crippen molar-refractivity contribution in [2.45, 2.75) is 29.9 Å². The van der Waals surface area contributed by atoms with Gasteiger partial charge in [-0.15, -0.1) is 0 Å². The Kier molecular flexibility index (Phi) is 8.00. The maximum absolute atomic E-state index is 11.8. The number of aliphatic hydroxyl groups excluding tert-OH is 1. The van der Waals surface area contributed by atoms with Crippen LogP contribution in [-0.4, -0.2) is 50.1 Å². The predicted molar refractivity (Wildman–Crippen MR) is 91.5 cm³/mol. The SMILES string of the molecule is CSCC[C@@H](N)[C@@H](O)C(=O)NCCc1ccc(S(N)(=O)=O)cc1. The van der Waals surface area contributed by atoms with Gasteiger partial charge in [0.2, 0.25) is 15.9 Å². The van der Waals surface area contributed by atoms with Crippen LogP contribution in [0.1, 0.15) is 12.0 Å². The van der Waals surface area contributed by atoms with E-state index in [-0.39, 0.29) is 4.90 Å². The fraction of sp³-hybridized carbons (Fsp3) is 0.500.